The molecule has 0 saturated heterocycles. The SMILES string of the molecule is CN(Cc1cc(Br)cs1)C(=O)c1ccc(Cl)c(Br)c1. The Morgan fingerprint density at radius 3 is 2.68 bits per heavy atom. The molecule has 2 aromatic rings. The van der Waals surface area contributed by atoms with Crippen molar-refractivity contribution >= 4 is 60.7 Å². The number of carbonyl (C=O) groups excluding carboxylic acids is 1. The lowest BCUT2D eigenvalue weighted by molar-refractivity contribution is 0.0786. The lowest BCUT2D eigenvalue weighted by Crippen LogP contribution is -2.25. The molecule has 1 amide bonds. The minimum atomic E-state index is -0.0260. The van der Waals surface area contributed by atoms with Crippen molar-refractivity contribution < 1.29 is 4.79 Å². The van der Waals surface area contributed by atoms with Gasteiger partial charge in [-0.1, -0.05) is 11.6 Å². The van der Waals surface area contributed by atoms with Crippen LogP contribution in [0.1, 0.15) is 15.2 Å². The van der Waals surface area contributed by atoms with Crippen molar-refractivity contribution in [3.05, 3.63) is 54.1 Å². The number of rotatable bonds is 3. The quantitative estimate of drug-likeness (QED) is 0.665. The lowest BCUT2D eigenvalue weighted by atomic mass is 10.2. The minimum absolute atomic E-state index is 0.0260. The molecule has 19 heavy (non-hydrogen) atoms. The summed E-state index contributed by atoms with van der Waals surface area (Å²) in [5.74, 6) is -0.0260. The van der Waals surface area contributed by atoms with Crippen LogP contribution in [0.3, 0.4) is 0 Å². The van der Waals surface area contributed by atoms with E-state index in [1.54, 1.807) is 41.5 Å². The highest BCUT2D eigenvalue weighted by Crippen LogP contribution is 2.25. The molecular weight excluding hydrogens is 413 g/mol. The molecule has 1 heterocycles. The highest BCUT2D eigenvalue weighted by atomic mass is 79.9. The zero-order valence-corrected chi connectivity index (χ0v) is 14.7. The summed E-state index contributed by atoms with van der Waals surface area (Å²) in [6.07, 6.45) is 0. The average molecular weight is 424 g/mol. The Bertz CT molecular complexity index is 614. The summed E-state index contributed by atoms with van der Waals surface area (Å²) < 4.78 is 1.77. The van der Waals surface area contributed by atoms with E-state index in [9.17, 15) is 4.79 Å². The maximum atomic E-state index is 12.3. The first-order chi connectivity index (χ1) is 8.97. The first-order valence-electron chi connectivity index (χ1n) is 5.41. The molecule has 0 bridgehead atoms. The fourth-order valence-corrected chi connectivity index (χ4v) is 3.59. The summed E-state index contributed by atoms with van der Waals surface area (Å²) in [7, 11) is 1.79. The highest BCUT2D eigenvalue weighted by molar-refractivity contribution is 9.10. The van der Waals surface area contributed by atoms with Crippen LogP contribution in [0.25, 0.3) is 0 Å². The predicted octanol–water partition coefficient (Wildman–Crippen LogP) is 5.20. The highest BCUT2D eigenvalue weighted by Gasteiger charge is 2.14. The van der Waals surface area contributed by atoms with Gasteiger partial charge in [-0.3, -0.25) is 4.79 Å². The summed E-state index contributed by atoms with van der Waals surface area (Å²) in [4.78, 5) is 15.1. The van der Waals surface area contributed by atoms with Gasteiger partial charge in [0.2, 0.25) is 0 Å². The standard InChI is InChI=1S/C13H10Br2ClNOS/c1-17(6-10-5-9(14)7-19-10)13(18)8-2-3-12(16)11(15)4-8/h2-5,7H,6H2,1H3. The molecule has 0 fully saturated rings. The van der Waals surface area contributed by atoms with Crippen LogP contribution < -0.4 is 0 Å². The molecule has 0 aliphatic heterocycles. The second kappa shape index (κ2) is 6.39. The van der Waals surface area contributed by atoms with Crippen LogP contribution in [0.2, 0.25) is 5.02 Å². The number of thiophene rings is 1. The zero-order valence-electron chi connectivity index (χ0n) is 9.99. The van der Waals surface area contributed by atoms with Crippen molar-refractivity contribution in [3.63, 3.8) is 0 Å². The van der Waals surface area contributed by atoms with E-state index in [2.05, 4.69) is 31.9 Å². The molecule has 1 aromatic heterocycles. The smallest absolute Gasteiger partial charge is 0.253 e. The van der Waals surface area contributed by atoms with Gasteiger partial charge in [0.05, 0.1) is 11.6 Å². The average Bonchev–Trinajstić information content (AvgIpc) is 2.77. The fraction of sp³-hybridized carbons (Fsp3) is 0.154. The van der Waals surface area contributed by atoms with Crippen molar-refractivity contribution in [2.24, 2.45) is 0 Å². The third-order valence-electron chi connectivity index (χ3n) is 2.53. The largest absolute Gasteiger partial charge is 0.337 e. The van der Waals surface area contributed by atoms with Crippen LogP contribution in [-0.2, 0) is 6.54 Å². The van der Waals surface area contributed by atoms with Gasteiger partial charge in [-0.05, 0) is 56.1 Å². The van der Waals surface area contributed by atoms with Crippen molar-refractivity contribution in [1.82, 2.24) is 4.90 Å². The van der Waals surface area contributed by atoms with E-state index >= 15 is 0 Å². The molecule has 100 valence electrons. The summed E-state index contributed by atoms with van der Waals surface area (Å²) in [5, 5.41) is 2.60. The molecule has 0 spiro atoms. The van der Waals surface area contributed by atoms with Gasteiger partial charge in [0.25, 0.3) is 5.91 Å². The van der Waals surface area contributed by atoms with E-state index in [0.29, 0.717) is 17.1 Å². The monoisotopic (exact) mass is 421 g/mol. The molecule has 0 unspecified atom stereocenters. The molecule has 2 nitrogen and oxygen atoms in total. The summed E-state index contributed by atoms with van der Waals surface area (Å²) in [6, 6.07) is 7.21. The third-order valence-corrected chi connectivity index (χ3v) is 5.42. The summed E-state index contributed by atoms with van der Waals surface area (Å²) in [6.45, 7) is 0.593. The Kier molecular flexibility index (Phi) is 5.06. The molecule has 0 radical (unpaired) electrons. The number of hydrogen-bond donors (Lipinski definition) is 0. The van der Waals surface area contributed by atoms with Gasteiger partial charge in [-0.15, -0.1) is 11.3 Å². The maximum absolute atomic E-state index is 12.3. The Balaban J connectivity index is 2.12. The Labute approximate surface area is 137 Å². The van der Waals surface area contributed by atoms with Crippen LogP contribution in [-0.4, -0.2) is 17.9 Å². The van der Waals surface area contributed by atoms with Gasteiger partial charge < -0.3 is 4.90 Å². The number of benzene rings is 1. The molecule has 6 heteroatoms. The van der Waals surface area contributed by atoms with Crippen LogP contribution in [0, 0.1) is 0 Å². The van der Waals surface area contributed by atoms with E-state index in [-0.39, 0.29) is 5.91 Å². The number of amides is 1. The van der Waals surface area contributed by atoms with Gasteiger partial charge in [-0.25, -0.2) is 0 Å². The fourth-order valence-electron chi connectivity index (χ4n) is 1.59. The Hall–Kier alpha value is -0.360. The van der Waals surface area contributed by atoms with Crippen molar-refractivity contribution in [1.29, 1.82) is 0 Å². The maximum Gasteiger partial charge on any atom is 0.253 e. The Morgan fingerprint density at radius 1 is 1.37 bits per heavy atom. The number of nitrogens with zero attached hydrogens (tertiary/aromatic N) is 1. The zero-order chi connectivity index (χ0) is 14.0. The van der Waals surface area contributed by atoms with Gasteiger partial charge in [0, 0.05) is 31.8 Å². The molecule has 0 aliphatic carbocycles. The van der Waals surface area contributed by atoms with E-state index in [1.807, 2.05) is 11.4 Å². The molecular formula is C13H10Br2ClNOS. The second-order valence-corrected chi connectivity index (χ2v) is 7.19. The Morgan fingerprint density at radius 2 is 2.11 bits per heavy atom. The minimum Gasteiger partial charge on any atom is -0.337 e. The van der Waals surface area contributed by atoms with Crippen molar-refractivity contribution in [3.8, 4) is 0 Å². The van der Waals surface area contributed by atoms with Gasteiger partial charge in [0.1, 0.15) is 0 Å². The molecule has 1 aromatic carbocycles. The van der Waals surface area contributed by atoms with Crippen molar-refractivity contribution in [2.45, 2.75) is 6.54 Å². The van der Waals surface area contributed by atoms with Crippen LogP contribution in [0.15, 0.2) is 38.6 Å². The van der Waals surface area contributed by atoms with Crippen LogP contribution in [0.4, 0.5) is 0 Å². The number of halogens is 3. The van der Waals surface area contributed by atoms with Crippen LogP contribution >= 0.6 is 54.8 Å². The van der Waals surface area contributed by atoms with E-state index in [1.165, 1.54) is 0 Å². The summed E-state index contributed by atoms with van der Waals surface area (Å²) >= 11 is 14.3. The van der Waals surface area contributed by atoms with Crippen LogP contribution in [0.5, 0.6) is 0 Å². The number of carbonyl (C=O) groups is 1. The summed E-state index contributed by atoms with van der Waals surface area (Å²) in [5.41, 5.74) is 0.620. The molecule has 0 N–H and O–H groups in total. The van der Waals surface area contributed by atoms with Gasteiger partial charge in [0.15, 0.2) is 0 Å². The van der Waals surface area contributed by atoms with E-state index in [0.717, 1.165) is 13.8 Å². The predicted molar refractivity (Wildman–Crippen MR) is 87.0 cm³/mol. The second-order valence-electron chi connectivity index (χ2n) is 4.02. The molecule has 0 saturated carbocycles. The molecule has 0 atom stereocenters. The number of hydrogen-bond acceptors (Lipinski definition) is 2. The normalized spacial score (nSPS) is 10.5. The molecule has 0 aliphatic rings. The van der Waals surface area contributed by atoms with E-state index in [4.69, 9.17) is 11.6 Å². The first-order valence-corrected chi connectivity index (χ1v) is 8.25. The van der Waals surface area contributed by atoms with E-state index < -0.39 is 0 Å². The third kappa shape index (κ3) is 3.81. The van der Waals surface area contributed by atoms with Gasteiger partial charge >= 0.3 is 0 Å². The lowest BCUT2D eigenvalue weighted by Gasteiger charge is -2.16. The topological polar surface area (TPSA) is 20.3 Å². The van der Waals surface area contributed by atoms with Crippen molar-refractivity contribution in [2.75, 3.05) is 7.05 Å². The first kappa shape index (κ1) is 15.0. The van der Waals surface area contributed by atoms with Gasteiger partial charge in [-0.2, -0.15) is 0 Å². The molecule has 2 rings (SSSR count).